The van der Waals surface area contributed by atoms with Crippen molar-refractivity contribution < 1.29 is 29.0 Å². The van der Waals surface area contributed by atoms with Gasteiger partial charge in [0.2, 0.25) is 5.91 Å². The Bertz CT molecular complexity index is 615. The molecule has 118 valence electrons. The molecule has 0 aromatic heterocycles. The number of methoxy groups -OCH3 is 2. The minimum atomic E-state index is -1.06. The molecule has 0 saturated carbocycles. The zero-order valence-electron chi connectivity index (χ0n) is 12.2. The second kappa shape index (κ2) is 6.33. The van der Waals surface area contributed by atoms with Gasteiger partial charge in [0, 0.05) is 12.0 Å². The number of benzene rings is 1. The smallest absolute Gasteiger partial charge is 0.308 e. The normalized spacial score (nSPS) is 17.3. The molecule has 0 bridgehead atoms. The molecule has 1 aromatic carbocycles. The fraction of sp³-hybridized carbons (Fsp3) is 0.357. The molecule has 8 nitrogen and oxygen atoms in total. The van der Waals surface area contributed by atoms with Gasteiger partial charge in [0.1, 0.15) is 0 Å². The monoisotopic (exact) mass is 308 g/mol. The third kappa shape index (κ3) is 3.11. The summed E-state index contributed by atoms with van der Waals surface area (Å²) in [5.41, 5.74) is 2.67. The molecular weight excluding hydrogens is 292 g/mol. The van der Waals surface area contributed by atoms with Crippen LogP contribution in [0, 0.1) is 5.92 Å². The number of nitrogens with zero attached hydrogens (tertiary/aromatic N) is 1. The summed E-state index contributed by atoms with van der Waals surface area (Å²) in [5, 5.41) is 9.93. The standard InChI is InChI=1S/C14H16N2O6/c1-21-10-4-3-8(5-11(10)22-2)13(18)15-16-7-9(14(19)20)6-12(16)17/h3-5,9H,6-7H2,1-2H3,(H,15,18)(H,19,20)/t9-/m1/s1. The van der Waals surface area contributed by atoms with Crippen LogP contribution in [0.15, 0.2) is 18.2 Å². The number of hydrazine groups is 1. The number of carboxylic acids is 1. The number of amides is 2. The Morgan fingerprint density at radius 3 is 2.50 bits per heavy atom. The van der Waals surface area contributed by atoms with Crippen molar-refractivity contribution in [3.63, 3.8) is 0 Å². The van der Waals surface area contributed by atoms with Gasteiger partial charge in [0.25, 0.3) is 5.91 Å². The predicted molar refractivity (Wildman–Crippen MR) is 74.5 cm³/mol. The van der Waals surface area contributed by atoms with Gasteiger partial charge in [-0.3, -0.25) is 24.8 Å². The molecule has 1 aliphatic rings. The van der Waals surface area contributed by atoms with Crippen LogP contribution in [-0.2, 0) is 9.59 Å². The summed E-state index contributed by atoms with van der Waals surface area (Å²) in [6.45, 7) is -0.0484. The number of hydrogen-bond acceptors (Lipinski definition) is 5. The van der Waals surface area contributed by atoms with Crippen LogP contribution in [-0.4, -0.2) is 48.7 Å². The van der Waals surface area contributed by atoms with Gasteiger partial charge in [-0.25, -0.2) is 0 Å². The maximum absolute atomic E-state index is 12.1. The number of nitrogens with one attached hydrogen (secondary N) is 1. The number of carboxylic acid groups (broad SMARTS) is 1. The summed E-state index contributed by atoms with van der Waals surface area (Å²) >= 11 is 0. The van der Waals surface area contributed by atoms with Crippen molar-refractivity contribution in [3.8, 4) is 11.5 Å². The molecule has 8 heteroatoms. The first-order valence-corrected chi connectivity index (χ1v) is 6.52. The van der Waals surface area contributed by atoms with Crippen LogP contribution < -0.4 is 14.9 Å². The van der Waals surface area contributed by atoms with Crippen molar-refractivity contribution in [2.75, 3.05) is 20.8 Å². The predicted octanol–water partition coefficient (Wildman–Crippen LogP) is 0.282. The molecule has 1 aromatic rings. The van der Waals surface area contributed by atoms with Crippen LogP contribution in [0.3, 0.4) is 0 Å². The van der Waals surface area contributed by atoms with E-state index in [1.165, 1.54) is 26.4 Å². The minimum absolute atomic E-state index is 0.0484. The summed E-state index contributed by atoms with van der Waals surface area (Å²) < 4.78 is 10.2. The number of aliphatic carboxylic acids is 1. The molecule has 1 atom stereocenters. The Balaban J connectivity index is 2.09. The van der Waals surface area contributed by atoms with E-state index in [0.717, 1.165) is 5.01 Å². The van der Waals surface area contributed by atoms with Gasteiger partial charge in [-0.2, -0.15) is 0 Å². The lowest BCUT2D eigenvalue weighted by atomic mass is 10.1. The van der Waals surface area contributed by atoms with Gasteiger partial charge in [-0.15, -0.1) is 0 Å². The van der Waals surface area contributed by atoms with E-state index in [0.29, 0.717) is 11.5 Å². The van der Waals surface area contributed by atoms with Crippen molar-refractivity contribution in [3.05, 3.63) is 23.8 Å². The summed E-state index contributed by atoms with van der Waals surface area (Å²) in [6.07, 6.45) is -0.123. The van der Waals surface area contributed by atoms with E-state index in [-0.39, 0.29) is 18.5 Å². The quantitative estimate of drug-likeness (QED) is 0.809. The lowest BCUT2D eigenvalue weighted by Crippen LogP contribution is -2.43. The fourth-order valence-electron chi connectivity index (χ4n) is 2.15. The third-order valence-electron chi connectivity index (χ3n) is 3.36. The second-order valence-corrected chi connectivity index (χ2v) is 4.75. The summed E-state index contributed by atoms with van der Waals surface area (Å²) in [5.74, 6) is -1.97. The molecule has 0 radical (unpaired) electrons. The van der Waals surface area contributed by atoms with Gasteiger partial charge in [-0.1, -0.05) is 0 Å². The highest BCUT2D eigenvalue weighted by atomic mass is 16.5. The fourth-order valence-corrected chi connectivity index (χ4v) is 2.15. The number of ether oxygens (including phenoxy) is 2. The minimum Gasteiger partial charge on any atom is -0.493 e. The Morgan fingerprint density at radius 2 is 1.95 bits per heavy atom. The van der Waals surface area contributed by atoms with Crippen molar-refractivity contribution >= 4 is 17.8 Å². The number of carbonyl (C=O) groups excluding carboxylic acids is 2. The SMILES string of the molecule is COc1ccc(C(=O)NN2C[C@H](C(=O)O)CC2=O)cc1OC. The molecule has 1 saturated heterocycles. The first-order valence-electron chi connectivity index (χ1n) is 6.52. The molecule has 22 heavy (non-hydrogen) atoms. The Morgan fingerprint density at radius 1 is 1.27 bits per heavy atom. The molecular formula is C14H16N2O6. The van der Waals surface area contributed by atoms with E-state index in [2.05, 4.69) is 5.43 Å². The molecule has 1 heterocycles. The lowest BCUT2D eigenvalue weighted by Gasteiger charge is -2.17. The highest BCUT2D eigenvalue weighted by Crippen LogP contribution is 2.27. The van der Waals surface area contributed by atoms with Crippen molar-refractivity contribution in [2.24, 2.45) is 5.92 Å². The van der Waals surface area contributed by atoms with E-state index >= 15 is 0 Å². The molecule has 0 unspecified atom stereocenters. The average Bonchev–Trinajstić information content (AvgIpc) is 2.87. The van der Waals surface area contributed by atoms with Gasteiger partial charge >= 0.3 is 5.97 Å². The number of carbonyl (C=O) groups is 3. The van der Waals surface area contributed by atoms with E-state index in [4.69, 9.17) is 14.6 Å². The Labute approximate surface area is 126 Å². The van der Waals surface area contributed by atoms with E-state index in [1.54, 1.807) is 6.07 Å². The van der Waals surface area contributed by atoms with E-state index < -0.39 is 23.7 Å². The molecule has 2 N–H and O–H groups in total. The van der Waals surface area contributed by atoms with Crippen molar-refractivity contribution in [1.82, 2.24) is 10.4 Å². The summed E-state index contributed by atoms with van der Waals surface area (Å²) in [6, 6.07) is 4.56. The Hall–Kier alpha value is -2.77. The van der Waals surface area contributed by atoms with Crippen LogP contribution in [0.2, 0.25) is 0 Å². The zero-order valence-corrected chi connectivity index (χ0v) is 12.2. The Kier molecular flexibility index (Phi) is 4.50. The lowest BCUT2D eigenvalue weighted by molar-refractivity contribution is -0.141. The van der Waals surface area contributed by atoms with Gasteiger partial charge in [0.15, 0.2) is 11.5 Å². The largest absolute Gasteiger partial charge is 0.493 e. The maximum Gasteiger partial charge on any atom is 0.308 e. The second-order valence-electron chi connectivity index (χ2n) is 4.75. The van der Waals surface area contributed by atoms with Gasteiger partial charge < -0.3 is 14.6 Å². The first-order chi connectivity index (χ1) is 10.5. The van der Waals surface area contributed by atoms with Crippen molar-refractivity contribution in [2.45, 2.75) is 6.42 Å². The number of rotatable bonds is 5. The third-order valence-corrected chi connectivity index (χ3v) is 3.36. The summed E-state index contributed by atoms with van der Waals surface area (Å²) in [4.78, 5) is 34.7. The van der Waals surface area contributed by atoms with Gasteiger partial charge in [0.05, 0.1) is 26.7 Å². The van der Waals surface area contributed by atoms with Crippen LogP contribution in [0.25, 0.3) is 0 Å². The molecule has 2 rings (SSSR count). The first kappa shape index (κ1) is 15.6. The zero-order chi connectivity index (χ0) is 16.3. The van der Waals surface area contributed by atoms with Crippen LogP contribution in [0.4, 0.5) is 0 Å². The molecule has 2 amide bonds. The maximum atomic E-state index is 12.1. The molecule has 1 fully saturated rings. The topological polar surface area (TPSA) is 105 Å². The van der Waals surface area contributed by atoms with Crippen LogP contribution in [0.5, 0.6) is 11.5 Å². The number of hydrogen-bond donors (Lipinski definition) is 2. The molecule has 0 spiro atoms. The highest BCUT2D eigenvalue weighted by Gasteiger charge is 2.35. The summed E-state index contributed by atoms with van der Waals surface area (Å²) in [7, 11) is 2.92. The highest BCUT2D eigenvalue weighted by molar-refractivity contribution is 5.96. The molecule has 1 aliphatic heterocycles. The van der Waals surface area contributed by atoms with Crippen LogP contribution >= 0.6 is 0 Å². The van der Waals surface area contributed by atoms with Crippen molar-refractivity contribution in [1.29, 1.82) is 0 Å². The van der Waals surface area contributed by atoms with E-state index in [1.807, 2.05) is 0 Å². The van der Waals surface area contributed by atoms with Gasteiger partial charge in [-0.05, 0) is 18.2 Å². The molecule has 0 aliphatic carbocycles. The van der Waals surface area contributed by atoms with E-state index in [9.17, 15) is 14.4 Å². The van der Waals surface area contributed by atoms with Crippen LogP contribution in [0.1, 0.15) is 16.8 Å². The average molecular weight is 308 g/mol.